The van der Waals surface area contributed by atoms with Crippen molar-refractivity contribution in [3.63, 3.8) is 0 Å². The minimum atomic E-state index is -0.902. The van der Waals surface area contributed by atoms with Crippen LogP contribution in [0, 0.1) is 5.92 Å². The van der Waals surface area contributed by atoms with E-state index in [0.29, 0.717) is 12.8 Å². The second-order valence-corrected chi connectivity index (χ2v) is 5.59. The molecule has 19 heavy (non-hydrogen) atoms. The van der Waals surface area contributed by atoms with Crippen molar-refractivity contribution in [1.82, 2.24) is 10.0 Å². The van der Waals surface area contributed by atoms with Gasteiger partial charge in [-0.05, 0) is 25.2 Å². The highest BCUT2D eigenvalue weighted by Crippen LogP contribution is 2.20. The summed E-state index contributed by atoms with van der Waals surface area (Å²) >= 11 is 0. The average molecular weight is 270 g/mol. The fraction of sp³-hybridized carbons (Fsp3) is 0.857. The molecule has 1 amide bonds. The molecule has 1 fully saturated rings. The third kappa shape index (κ3) is 4.49. The number of amides is 1. The summed E-state index contributed by atoms with van der Waals surface area (Å²) in [6, 6.07) is -0.731. The van der Waals surface area contributed by atoms with E-state index in [-0.39, 0.29) is 11.8 Å². The fourth-order valence-electron chi connectivity index (χ4n) is 2.54. The van der Waals surface area contributed by atoms with Crippen molar-refractivity contribution in [3.05, 3.63) is 0 Å². The second kappa shape index (κ2) is 7.48. The number of hydrazine groups is 1. The Labute approximate surface area is 115 Å². The lowest BCUT2D eigenvalue weighted by molar-refractivity contribution is -0.171. The Morgan fingerprint density at radius 2 is 1.79 bits per heavy atom. The van der Waals surface area contributed by atoms with Crippen LogP contribution in [0.3, 0.4) is 0 Å². The monoisotopic (exact) mass is 270 g/mol. The van der Waals surface area contributed by atoms with Crippen LogP contribution in [0.25, 0.3) is 0 Å². The van der Waals surface area contributed by atoms with Crippen molar-refractivity contribution in [2.24, 2.45) is 5.92 Å². The molecule has 1 aliphatic rings. The van der Waals surface area contributed by atoms with Crippen LogP contribution in [0.2, 0.25) is 0 Å². The van der Waals surface area contributed by atoms with E-state index in [9.17, 15) is 14.7 Å². The Morgan fingerprint density at radius 3 is 2.21 bits per heavy atom. The van der Waals surface area contributed by atoms with E-state index in [1.807, 2.05) is 18.9 Å². The number of carbonyl (C=O) groups is 2. The van der Waals surface area contributed by atoms with E-state index in [0.717, 1.165) is 32.4 Å². The zero-order valence-corrected chi connectivity index (χ0v) is 12.3. The van der Waals surface area contributed by atoms with Crippen LogP contribution in [0.5, 0.6) is 0 Å². The Kier molecular flexibility index (Phi) is 6.28. The van der Waals surface area contributed by atoms with E-state index >= 15 is 0 Å². The Morgan fingerprint density at radius 1 is 1.21 bits per heavy atom. The normalized spacial score (nSPS) is 18.3. The van der Waals surface area contributed by atoms with Crippen molar-refractivity contribution in [1.29, 1.82) is 0 Å². The van der Waals surface area contributed by atoms with Crippen molar-refractivity contribution in [3.8, 4) is 0 Å². The first-order valence-electron chi connectivity index (χ1n) is 7.27. The van der Waals surface area contributed by atoms with E-state index in [2.05, 4.69) is 0 Å². The molecule has 1 aliphatic heterocycles. The molecule has 5 nitrogen and oxygen atoms in total. The number of piperidine rings is 1. The van der Waals surface area contributed by atoms with Gasteiger partial charge in [0.05, 0.1) is 0 Å². The van der Waals surface area contributed by atoms with E-state index in [1.54, 1.807) is 6.92 Å². The van der Waals surface area contributed by atoms with Crippen LogP contribution in [0.15, 0.2) is 0 Å². The molecule has 0 aromatic rings. The number of nitrogens with zero attached hydrogens (tertiary/aromatic N) is 2. The summed E-state index contributed by atoms with van der Waals surface area (Å²) in [4.78, 5) is 23.7. The first-order valence-corrected chi connectivity index (χ1v) is 7.27. The van der Waals surface area contributed by atoms with Gasteiger partial charge in [0.2, 0.25) is 5.91 Å². The van der Waals surface area contributed by atoms with Crippen molar-refractivity contribution in [2.75, 3.05) is 13.1 Å². The van der Waals surface area contributed by atoms with Gasteiger partial charge in [0, 0.05) is 19.5 Å². The van der Waals surface area contributed by atoms with Crippen LogP contribution >= 0.6 is 0 Å². The lowest BCUT2D eigenvalue weighted by atomic mass is 10.0. The molecule has 0 radical (unpaired) electrons. The lowest BCUT2D eigenvalue weighted by Gasteiger charge is -2.41. The molecule has 0 spiro atoms. The number of rotatable bonds is 6. The molecule has 1 heterocycles. The maximum Gasteiger partial charge on any atom is 0.328 e. The second-order valence-electron chi connectivity index (χ2n) is 5.59. The topological polar surface area (TPSA) is 60.9 Å². The summed E-state index contributed by atoms with van der Waals surface area (Å²) in [6.45, 7) is 7.33. The fourth-order valence-corrected chi connectivity index (χ4v) is 2.54. The highest BCUT2D eigenvalue weighted by atomic mass is 16.4. The number of hydrogen-bond acceptors (Lipinski definition) is 3. The number of aliphatic carboxylic acids is 1. The third-order valence-corrected chi connectivity index (χ3v) is 3.47. The quantitative estimate of drug-likeness (QED) is 0.803. The van der Waals surface area contributed by atoms with Gasteiger partial charge >= 0.3 is 5.97 Å². The first kappa shape index (κ1) is 16.0. The molecular formula is C14H26N2O3. The highest BCUT2D eigenvalue weighted by Gasteiger charge is 2.34. The lowest BCUT2D eigenvalue weighted by Crippen LogP contribution is -2.56. The van der Waals surface area contributed by atoms with Crippen LogP contribution in [0.4, 0.5) is 0 Å². The minimum Gasteiger partial charge on any atom is -0.480 e. The first-order chi connectivity index (χ1) is 8.97. The van der Waals surface area contributed by atoms with Crippen molar-refractivity contribution in [2.45, 2.75) is 58.9 Å². The van der Waals surface area contributed by atoms with Gasteiger partial charge in [-0.1, -0.05) is 27.2 Å². The summed E-state index contributed by atoms with van der Waals surface area (Å²) in [5, 5.41) is 12.9. The SMILES string of the molecule is CCC(=O)N(C(CC(C)C)C(=O)O)N1CCCCC1. The van der Waals surface area contributed by atoms with E-state index < -0.39 is 12.0 Å². The summed E-state index contributed by atoms with van der Waals surface area (Å²) in [7, 11) is 0. The molecule has 0 saturated carbocycles. The highest BCUT2D eigenvalue weighted by molar-refractivity contribution is 5.83. The predicted molar refractivity (Wildman–Crippen MR) is 73.4 cm³/mol. The Hall–Kier alpha value is -1.10. The van der Waals surface area contributed by atoms with Gasteiger partial charge in [-0.15, -0.1) is 0 Å². The number of hydrogen-bond donors (Lipinski definition) is 1. The molecule has 1 saturated heterocycles. The standard InChI is InChI=1S/C14H26N2O3/c1-4-13(17)16(15-8-6-5-7-9-15)12(14(18)19)10-11(2)3/h11-12H,4-10H2,1-3H3,(H,18,19). The smallest absolute Gasteiger partial charge is 0.328 e. The number of carboxylic acids is 1. The summed E-state index contributed by atoms with van der Waals surface area (Å²) in [5.74, 6) is -0.742. The Bertz CT molecular complexity index is 312. The zero-order valence-electron chi connectivity index (χ0n) is 12.3. The van der Waals surface area contributed by atoms with Crippen LogP contribution in [-0.4, -0.2) is 46.1 Å². The maximum atomic E-state index is 12.2. The molecule has 1 N–H and O–H groups in total. The van der Waals surface area contributed by atoms with Gasteiger partial charge in [0.1, 0.15) is 6.04 Å². The molecule has 110 valence electrons. The largest absolute Gasteiger partial charge is 0.480 e. The average Bonchev–Trinajstić information content (AvgIpc) is 2.38. The minimum absolute atomic E-state index is 0.0880. The zero-order chi connectivity index (χ0) is 14.4. The van der Waals surface area contributed by atoms with Gasteiger partial charge in [-0.2, -0.15) is 0 Å². The molecule has 5 heteroatoms. The third-order valence-electron chi connectivity index (χ3n) is 3.47. The van der Waals surface area contributed by atoms with E-state index in [4.69, 9.17) is 0 Å². The number of carboxylic acid groups (broad SMARTS) is 1. The molecule has 1 unspecified atom stereocenters. The molecular weight excluding hydrogens is 244 g/mol. The summed E-state index contributed by atoms with van der Waals surface area (Å²) in [5.41, 5.74) is 0. The van der Waals surface area contributed by atoms with Crippen LogP contribution in [0.1, 0.15) is 52.9 Å². The number of carbonyl (C=O) groups excluding carboxylic acids is 1. The van der Waals surface area contributed by atoms with Crippen molar-refractivity contribution >= 4 is 11.9 Å². The van der Waals surface area contributed by atoms with Gasteiger partial charge in [-0.3, -0.25) is 9.80 Å². The molecule has 1 rings (SSSR count). The van der Waals surface area contributed by atoms with Gasteiger partial charge in [-0.25, -0.2) is 9.80 Å². The summed E-state index contributed by atoms with van der Waals surface area (Å²) in [6.07, 6.45) is 4.06. The maximum absolute atomic E-state index is 12.2. The van der Waals surface area contributed by atoms with Crippen molar-refractivity contribution < 1.29 is 14.7 Å². The summed E-state index contributed by atoms with van der Waals surface area (Å²) < 4.78 is 0. The van der Waals surface area contributed by atoms with E-state index in [1.165, 1.54) is 5.01 Å². The molecule has 0 aromatic heterocycles. The molecule has 0 bridgehead atoms. The molecule has 0 aliphatic carbocycles. The van der Waals surface area contributed by atoms with Gasteiger partial charge < -0.3 is 5.11 Å². The van der Waals surface area contributed by atoms with Gasteiger partial charge in [0.25, 0.3) is 0 Å². The molecule has 0 aromatic carbocycles. The van der Waals surface area contributed by atoms with Gasteiger partial charge in [0.15, 0.2) is 0 Å². The Balaban J connectivity index is 2.91. The molecule has 1 atom stereocenters. The predicted octanol–water partition coefficient (Wildman–Crippen LogP) is 2.13. The van der Waals surface area contributed by atoms with Crippen LogP contribution in [-0.2, 0) is 9.59 Å². The van der Waals surface area contributed by atoms with Crippen LogP contribution < -0.4 is 0 Å².